The van der Waals surface area contributed by atoms with Crippen molar-refractivity contribution in [1.82, 2.24) is 4.90 Å². The number of hydrogen-bond acceptors (Lipinski definition) is 1. The van der Waals surface area contributed by atoms with Crippen LogP contribution in [0.3, 0.4) is 0 Å². The molecule has 0 unspecified atom stereocenters. The molecular weight excluding hydrogens is 200 g/mol. The molecule has 0 radical (unpaired) electrons. The van der Waals surface area contributed by atoms with E-state index in [0.717, 1.165) is 24.0 Å². The molecule has 0 N–H and O–H groups in total. The van der Waals surface area contributed by atoms with E-state index in [1.54, 1.807) is 0 Å². The molecule has 0 rings (SSSR count). The molecule has 0 aromatic heterocycles. The zero-order chi connectivity index (χ0) is 10.5. The first kappa shape index (κ1) is 16.2. The van der Waals surface area contributed by atoms with E-state index in [-0.39, 0.29) is 18.3 Å². The van der Waals surface area contributed by atoms with Gasteiger partial charge < -0.3 is 21.8 Å². The maximum absolute atomic E-state index is 11.2. The van der Waals surface area contributed by atoms with Crippen molar-refractivity contribution in [2.45, 2.75) is 19.8 Å². The molecule has 0 atom stereocenters. The number of carbonyl (C=O) groups excluding carboxylic acids is 1. The summed E-state index contributed by atoms with van der Waals surface area (Å²) < 4.78 is 0.966. The van der Waals surface area contributed by atoms with E-state index in [2.05, 4.69) is 21.1 Å². The first-order valence-corrected chi connectivity index (χ1v) is 4.91. The van der Waals surface area contributed by atoms with Crippen LogP contribution in [-0.2, 0) is 4.79 Å². The van der Waals surface area contributed by atoms with Gasteiger partial charge in [0.2, 0.25) is 5.91 Å². The van der Waals surface area contributed by atoms with Crippen LogP contribution in [0.1, 0.15) is 19.8 Å². The Morgan fingerprint density at radius 2 is 1.79 bits per heavy atom. The van der Waals surface area contributed by atoms with Crippen LogP contribution in [0.2, 0.25) is 0 Å². The van der Waals surface area contributed by atoms with Gasteiger partial charge in [0, 0.05) is 26.4 Å². The molecule has 0 bridgehead atoms. The molecule has 86 valence electrons. The lowest BCUT2D eigenvalue weighted by Crippen LogP contribution is -3.00. The van der Waals surface area contributed by atoms with E-state index in [9.17, 15) is 4.79 Å². The molecule has 0 aliphatic heterocycles. The minimum absolute atomic E-state index is 0. The van der Waals surface area contributed by atoms with Crippen molar-refractivity contribution in [3.63, 3.8) is 0 Å². The van der Waals surface area contributed by atoms with E-state index < -0.39 is 0 Å². The fourth-order valence-corrected chi connectivity index (χ4v) is 1.18. The lowest BCUT2D eigenvalue weighted by atomic mass is 10.3. The third-order valence-electron chi connectivity index (χ3n) is 2.05. The second-order valence-corrected chi connectivity index (χ2v) is 4.54. The van der Waals surface area contributed by atoms with Crippen molar-refractivity contribution in [2.24, 2.45) is 0 Å². The fraction of sp³-hybridized carbons (Fsp3) is 0.900. The van der Waals surface area contributed by atoms with Gasteiger partial charge in [-0.1, -0.05) is 6.92 Å². The van der Waals surface area contributed by atoms with Crippen molar-refractivity contribution in [3.05, 3.63) is 0 Å². The van der Waals surface area contributed by atoms with Crippen LogP contribution in [0, 0.1) is 0 Å². The molecule has 0 aromatic rings. The first-order chi connectivity index (χ1) is 5.87. The average molecular weight is 223 g/mol. The lowest BCUT2D eigenvalue weighted by molar-refractivity contribution is -0.870. The molecule has 0 aromatic carbocycles. The van der Waals surface area contributed by atoms with Crippen LogP contribution in [0.15, 0.2) is 0 Å². The van der Waals surface area contributed by atoms with Crippen LogP contribution in [0.5, 0.6) is 0 Å². The van der Waals surface area contributed by atoms with Gasteiger partial charge >= 0.3 is 0 Å². The van der Waals surface area contributed by atoms with Crippen LogP contribution in [0.25, 0.3) is 0 Å². The number of carbonyl (C=O) groups is 1. The van der Waals surface area contributed by atoms with Gasteiger partial charge in [-0.2, -0.15) is 0 Å². The van der Waals surface area contributed by atoms with Crippen LogP contribution in [-0.4, -0.2) is 56.6 Å². The Hall–Kier alpha value is -0.280. The van der Waals surface area contributed by atoms with Crippen molar-refractivity contribution in [1.29, 1.82) is 0 Å². The van der Waals surface area contributed by atoms with E-state index in [4.69, 9.17) is 0 Å². The van der Waals surface area contributed by atoms with Crippen LogP contribution < -0.4 is 12.4 Å². The molecule has 0 saturated carbocycles. The van der Waals surface area contributed by atoms with Gasteiger partial charge in [0.25, 0.3) is 0 Å². The molecular formula is C10H23ClN2O. The van der Waals surface area contributed by atoms with Gasteiger partial charge in [-0.15, -0.1) is 0 Å². The third kappa shape index (κ3) is 8.32. The minimum Gasteiger partial charge on any atom is -1.00 e. The van der Waals surface area contributed by atoms with Gasteiger partial charge in [-0.25, -0.2) is 0 Å². The summed E-state index contributed by atoms with van der Waals surface area (Å²) in [5.41, 5.74) is 0. The number of hydrogen-bond donors (Lipinski definition) is 0. The number of quaternary nitrogens is 1. The average Bonchev–Trinajstić information content (AvgIpc) is 2.00. The van der Waals surface area contributed by atoms with Crippen molar-refractivity contribution in [2.75, 3.05) is 41.3 Å². The summed E-state index contributed by atoms with van der Waals surface area (Å²) in [7, 11) is 8.38. The molecule has 14 heavy (non-hydrogen) atoms. The monoisotopic (exact) mass is 222 g/mol. The summed E-state index contributed by atoms with van der Waals surface area (Å²) in [6.45, 7) is 3.89. The molecule has 0 spiro atoms. The summed E-state index contributed by atoms with van der Waals surface area (Å²) in [6.07, 6.45) is 1.69. The summed E-state index contributed by atoms with van der Waals surface area (Å²) in [6, 6.07) is 0. The molecule has 0 aliphatic carbocycles. The van der Waals surface area contributed by atoms with Gasteiger partial charge in [0.05, 0.1) is 27.7 Å². The second kappa shape index (κ2) is 7.07. The van der Waals surface area contributed by atoms with Gasteiger partial charge in [0.15, 0.2) is 0 Å². The standard InChI is InChI=1S/C10H23N2O.ClH/c1-6-10(13)11(2)8-7-9-12(3,4)5;/h6-9H2,1-5H3;1H/q+1;/p-1. The van der Waals surface area contributed by atoms with E-state index in [1.807, 2.05) is 18.9 Å². The molecule has 4 heteroatoms. The highest BCUT2D eigenvalue weighted by Gasteiger charge is 2.09. The Morgan fingerprint density at radius 1 is 1.29 bits per heavy atom. The molecule has 1 amide bonds. The molecule has 0 fully saturated rings. The zero-order valence-electron chi connectivity index (χ0n) is 10.0. The third-order valence-corrected chi connectivity index (χ3v) is 2.05. The topological polar surface area (TPSA) is 20.3 Å². The van der Waals surface area contributed by atoms with Gasteiger partial charge in [-0.05, 0) is 0 Å². The second-order valence-electron chi connectivity index (χ2n) is 4.54. The van der Waals surface area contributed by atoms with E-state index >= 15 is 0 Å². The lowest BCUT2D eigenvalue weighted by Gasteiger charge is -2.25. The summed E-state index contributed by atoms with van der Waals surface area (Å²) in [5, 5.41) is 0. The predicted octanol–water partition coefficient (Wildman–Crippen LogP) is -2.04. The van der Waals surface area contributed by atoms with Crippen molar-refractivity contribution >= 4 is 5.91 Å². The summed E-state index contributed by atoms with van der Waals surface area (Å²) in [4.78, 5) is 13.0. The maximum atomic E-state index is 11.2. The normalized spacial score (nSPS) is 10.6. The highest BCUT2D eigenvalue weighted by molar-refractivity contribution is 5.75. The Bertz CT molecular complexity index is 166. The van der Waals surface area contributed by atoms with Crippen molar-refractivity contribution < 1.29 is 21.7 Å². The summed E-state index contributed by atoms with van der Waals surface area (Å²) in [5.74, 6) is 0.237. The van der Waals surface area contributed by atoms with Gasteiger partial charge in [0.1, 0.15) is 0 Å². The Kier molecular flexibility index (Phi) is 8.16. The van der Waals surface area contributed by atoms with E-state index in [0.29, 0.717) is 6.42 Å². The quantitative estimate of drug-likeness (QED) is 0.491. The minimum atomic E-state index is 0. The van der Waals surface area contributed by atoms with Gasteiger partial charge in [-0.3, -0.25) is 4.79 Å². The smallest absolute Gasteiger partial charge is 0.222 e. The van der Waals surface area contributed by atoms with Crippen LogP contribution in [0.4, 0.5) is 0 Å². The number of halogens is 1. The fourth-order valence-electron chi connectivity index (χ4n) is 1.18. The highest BCUT2D eigenvalue weighted by atomic mass is 35.5. The Balaban J connectivity index is 0. The Morgan fingerprint density at radius 3 is 2.14 bits per heavy atom. The molecule has 3 nitrogen and oxygen atoms in total. The predicted molar refractivity (Wildman–Crippen MR) is 55.4 cm³/mol. The Labute approximate surface area is 94.1 Å². The van der Waals surface area contributed by atoms with Crippen molar-refractivity contribution in [3.8, 4) is 0 Å². The molecule has 0 heterocycles. The maximum Gasteiger partial charge on any atom is 0.222 e. The SMILES string of the molecule is CCC(=O)N(C)CCC[N+](C)(C)C.[Cl-]. The first-order valence-electron chi connectivity index (χ1n) is 4.91. The number of nitrogens with zero attached hydrogens (tertiary/aromatic N) is 2. The molecule has 0 saturated heterocycles. The number of amides is 1. The van der Waals surface area contributed by atoms with Crippen LogP contribution >= 0.6 is 0 Å². The number of rotatable bonds is 5. The summed E-state index contributed by atoms with van der Waals surface area (Å²) >= 11 is 0. The largest absolute Gasteiger partial charge is 1.00 e. The highest BCUT2D eigenvalue weighted by Crippen LogP contribution is 1.97. The van der Waals surface area contributed by atoms with E-state index in [1.165, 1.54) is 0 Å². The molecule has 0 aliphatic rings. The zero-order valence-corrected chi connectivity index (χ0v) is 10.8.